The van der Waals surface area contributed by atoms with E-state index in [9.17, 15) is 14.3 Å². The van der Waals surface area contributed by atoms with Crippen LogP contribution in [0.15, 0.2) is 60.9 Å². The van der Waals surface area contributed by atoms with Crippen LogP contribution in [0.2, 0.25) is 0 Å². The highest BCUT2D eigenvalue weighted by Gasteiger charge is 2.36. The summed E-state index contributed by atoms with van der Waals surface area (Å²) >= 11 is 0. The van der Waals surface area contributed by atoms with Gasteiger partial charge in [-0.25, -0.2) is 4.57 Å². The molecule has 1 aliphatic heterocycles. The van der Waals surface area contributed by atoms with Crippen LogP contribution in [0, 0.1) is 0 Å². The molecule has 0 radical (unpaired) electrons. The first kappa shape index (κ1) is 52.0. The molecule has 1 rings (SSSR count). The number of phosphoric ester groups is 1. The topological polar surface area (TPSA) is 104 Å². The summed E-state index contributed by atoms with van der Waals surface area (Å²) in [5.41, 5.74) is 0. The van der Waals surface area contributed by atoms with Gasteiger partial charge in [-0.3, -0.25) is 13.8 Å². The molecule has 0 aromatic carbocycles. The van der Waals surface area contributed by atoms with E-state index in [1.807, 2.05) is 27.2 Å². The van der Waals surface area contributed by atoms with E-state index in [1.54, 1.807) is 6.26 Å². The molecule has 0 saturated carbocycles. The zero-order chi connectivity index (χ0) is 41.0. The number of nitrogens with zero attached hydrogens (tertiary/aromatic N) is 1. The quantitative estimate of drug-likeness (QED) is 0.0125. The standard InChI is InChI=1S/C46H82NO8P/c1-6-8-10-12-14-16-18-20-21-22-23-25-27-29-31-33-39-51-41-43(42-53-56(49,50)52-40-38-47(3,4)5)54-46(48)37-34-36-45-44(55-45)35-32-30-28-26-24-19-17-15-13-11-9-7-2/h15-18,24,26,30,32-33,39,43-45H,6-14,19-23,25,27-29,31,34-38,40-42H2,1-5H3/p+1/b17-15-,18-16-,26-24-,32-30-,39-33+/t43-,44?,45?/m1/s1. The third kappa shape index (κ3) is 35.2. The summed E-state index contributed by atoms with van der Waals surface area (Å²) < 4.78 is 40.5. The van der Waals surface area contributed by atoms with Crippen molar-refractivity contribution >= 4 is 13.8 Å². The first-order valence-corrected chi connectivity index (χ1v) is 23.7. The van der Waals surface area contributed by atoms with E-state index < -0.39 is 19.9 Å². The second-order valence-electron chi connectivity index (χ2n) is 16.2. The van der Waals surface area contributed by atoms with Crippen LogP contribution in [0.5, 0.6) is 0 Å². The van der Waals surface area contributed by atoms with Gasteiger partial charge in [-0.05, 0) is 89.5 Å². The van der Waals surface area contributed by atoms with Crippen molar-refractivity contribution in [1.82, 2.24) is 0 Å². The van der Waals surface area contributed by atoms with Gasteiger partial charge in [-0.15, -0.1) is 0 Å². The maximum absolute atomic E-state index is 12.8. The van der Waals surface area contributed by atoms with Gasteiger partial charge in [0.15, 0.2) is 6.10 Å². The summed E-state index contributed by atoms with van der Waals surface area (Å²) in [6, 6.07) is 0. The zero-order valence-electron chi connectivity index (χ0n) is 36.3. The fourth-order valence-electron chi connectivity index (χ4n) is 5.95. The molecule has 0 aromatic rings. The van der Waals surface area contributed by atoms with Gasteiger partial charge in [0.05, 0.1) is 46.2 Å². The Hall–Kier alpha value is -2.00. The number of rotatable bonds is 39. The lowest BCUT2D eigenvalue weighted by Crippen LogP contribution is -2.37. The number of esters is 1. The monoisotopic (exact) mass is 809 g/mol. The Balaban J connectivity index is 2.32. The Labute approximate surface area is 343 Å². The van der Waals surface area contributed by atoms with Gasteiger partial charge in [0.2, 0.25) is 0 Å². The number of hydrogen-bond donors (Lipinski definition) is 1. The van der Waals surface area contributed by atoms with Crippen LogP contribution < -0.4 is 0 Å². The molecule has 0 amide bonds. The highest BCUT2D eigenvalue weighted by Crippen LogP contribution is 2.43. The normalized spacial score (nSPS) is 17.9. The van der Waals surface area contributed by atoms with Crippen LogP contribution in [-0.2, 0) is 32.6 Å². The van der Waals surface area contributed by atoms with Crippen LogP contribution in [-0.4, -0.2) is 81.2 Å². The summed E-state index contributed by atoms with van der Waals surface area (Å²) in [5, 5.41) is 0. The third-order valence-corrected chi connectivity index (χ3v) is 10.5. The first-order valence-electron chi connectivity index (χ1n) is 22.2. The number of epoxide rings is 1. The smallest absolute Gasteiger partial charge is 0.472 e. The highest BCUT2D eigenvalue weighted by molar-refractivity contribution is 7.47. The van der Waals surface area contributed by atoms with E-state index in [4.69, 9.17) is 23.3 Å². The lowest BCUT2D eigenvalue weighted by Gasteiger charge is -2.24. The molecule has 1 fully saturated rings. The van der Waals surface area contributed by atoms with Gasteiger partial charge in [0, 0.05) is 6.42 Å². The second-order valence-corrected chi connectivity index (χ2v) is 17.6. The molecule has 10 heteroatoms. The van der Waals surface area contributed by atoms with Crippen LogP contribution in [0.4, 0.5) is 0 Å². The molecule has 1 heterocycles. The molecule has 1 saturated heterocycles. The fourth-order valence-corrected chi connectivity index (χ4v) is 6.69. The number of unbranched alkanes of at least 4 members (excludes halogenated alkanes) is 14. The maximum atomic E-state index is 12.8. The average Bonchev–Trinajstić information content (AvgIpc) is 3.90. The van der Waals surface area contributed by atoms with E-state index in [2.05, 4.69) is 62.5 Å². The summed E-state index contributed by atoms with van der Waals surface area (Å²) in [6.07, 6.45) is 46.5. The molecular formula is C46H83NO8P+. The van der Waals surface area contributed by atoms with Crippen LogP contribution in [0.1, 0.15) is 162 Å². The van der Waals surface area contributed by atoms with Gasteiger partial charge >= 0.3 is 13.8 Å². The van der Waals surface area contributed by atoms with Crippen LogP contribution in [0.3, 0.4) is 0 Å². The first-order chi connectivity index (χ1) is 27.1. The molecule has 4 atom stereocenters. The largest absolute Gasteiger partial charge is 0.498 e. The molecule has 0 aromatic heterocycles. The van der Waals surface area contributed by atoms with Crippen LogP contribution >= 0.6 is 7.82 Å². The molecule has 3 unspecified atom stereocenters. The Morgan fingerprint density at radius 3 is 1.86 bits per heavy atom. The predicted molar refractivity (Wildman–Crippen MR) is 232 cm³/mol. The molecule has 1 aliphatic rings. The van der Waals surface area contributed by atoms with Gasteiger partial charge in [-0.2, -0.15) is 0 Å². The molecule has 9 nitrogen and oxygen atoms in total. The lowest BCUT2D eigenvalue weighted by atomic mass is 10.1. The Kier molecular flexibility index (Phi) is 32.5. The van der Waals surface area contributed by atoms with Crippen molar-refractivity contribution in [3.63, 3.8) is 0 Å². The van der Waals surface area contributed by atoms with Gasteiger partial charge in [0.1, 0.15) is 19.8 Å². The summed E-state index contributed by atoms with van der Waals surface area (Å²) in [7, 11) is 1.58. The second kappa shape index (κ2) is 35.0. The average molecular weight is 809 g/mol. The molecular weight excluding hydrogens is 725 g/mol. The maximum Gasteiger partial charge on any atom is 0.472 e. The Bertz CT molecular complexity index is 1140. The minimum absolute atomic E-state index is 0.0133. The van der Waals surface area contributed by atoms with E-state index in [-0.39, 0.29) is 38.4 Å². The minimum Gasteiger partial charge on any atom is -0.498 e. The zero-order valence-corrected chi connectivity index (χ0v) is 37.2. The Morgan fingerprint density at radius 1 is 0.679 bits per heavy atom. The molecule has 324 valence electrons. The SMILES string of the molecule is CCCCC/C=C\C/C=C\C/C=C\CC1OC1CCCC(=O)O[C@H](CO/C=C/CCCCCCCC/C=C\CCCCCC)COP(=O)(O)OCC[N+](C)(C)C. The van der Waals surface area contributed by atoms with Crippen molar-refractivity contribution in [1.29, 1.82) is 0 Å². The molecule has 1 N–H and O–H groups in total. The molecule has 0 aliphatic carbocycles. The fraction of sp³-hybridized carbons (Fsp3) is 0.761. The summed E-state index contributed by atoms with van der Waals surface area (Å²) in [6.45, 7) is 4.78. The van der Waals surface area contributed by atoms with Crippen molar-refractivity contribution in [2.75, 3.05) is 47.5 Å². The van der Waals surface area contributed by atoms with Crippen molar-refractivity contribution in [2.45, 2.75) is 180 Å². The third-order valence-electron chi connectivity index (χ3n) is 9.54. The number of likely N-dealkylation sites (N-methyl/N-ethyl adjacent to an activating group) is 1. The number of phosphoric acid groups is 1. The summed E-state index contributed by atoms with van der Waals surface area (Å²) in [5.74, 6) is -0.400. The van der Waals surface area contributed by atoms with Gasteiger partial charge in [-0.1, -0.05) is 120 Å². The minimum atomic E-state index is -4.32. The Morgan fingerprint density at radius 2 is 1.21 bits per heavy atom. The van der Waals surface area contributed by atoms with E-state index >= 15 is 0 Å². The highest BCUT2D eigenvalue weighted by atomic mass is 31.2. The molecule has 0 spiro atoms. The summed E-state index contributed by atoms with van der Waals surface area (Å²) in [4.78, 5) is 23.0. The lowest BCUT2D eigenvalue weighted by molar-refractivity contribution is -0.870. The van der Waals surface area contributed by atoms with Gasteiger partial charge < -0.3 is 23.6 Å². The van der Waals surface area contributed by atoms with E-state index in [0.717, 1.165) is 38.5 Å². The number of carbonyl (C=O) groups is 1. The molecule has 0 bridgehead atoms. The number of carbonyl (C=O) groups excluding carboxylic acids is 1. The van der Waals surface area contributed by atoms with Crippen LogP contribution in [0.25, 0.3) is 0 Å². The van der Waals surface area contributed by atoms with Gasteiger partial charge in [0.25, 0.3) is 0 Å². The number of hydrogen-bond acceptors (Lipinski definition) is 7. The van der Waals surface area contributed by atoms with E-state index in [0.29, 0.717) is 17.4 Å². The van der Waals surface area contributed by atoms with Crippen molar-refractivity contribution in [3.05, 3.63) is 60.9 Å². The number of ether oxygens (including phenoxy) is 3. The molecule has 56 heavy (non-hydrogen) atoms. The van der Waals surface area contributed by atoms with Crippen molar-refractivity contribution in [3.8, 4) is 0 Å². The number of quaternary nitrogens is 1. The van der Waals surface area contributed by atoms with Crippen molar-refractivity contribution in [2.24, 2.45) is 0 Å². The predicted octanol–water partition coefficient (Wildman–Crippen LogP) is 12.3. The van der Waals surface area contributed by atoms with E-state index in [1.165, 1.54) is 96.3 Å². The number of allylic oxidation sites excluding steroid dienone is 8. The van der Waals surface area contributed by atoms with Crippen molar-refractivity contribution < 1.29 is 42.0 Å².